The number of benzene rings is 2. The first-order valence-electron chi connectivity index (χ1n) is 13.6. The van der Waals surface area contributed by atoms with Gasteiger partial charge in [0.25, 0.3) is 0 Å². The molecule has 1 aliphatic rings. The standard InChI is InChI=1S/C16H19N.C10H18O.C3H6F2.C3H8.CH2O/c1-12-5-4-6-16(10-12)17-11-15-8-7-13(2)9-14(15)3;1-8(2)9-6-4-3-5-7-10(9)11;1-3(2,4)5;1-3-2;1-2/h4-10,17H,11H2,1-3H3;9-11H,1,3-7H2,2H3;1-2H3;3H2,1-2H3;1H2. The predicted molar refractivity (Wildman–Crippen MR) is 161 cm³/mol. The lowest BCUT2D eigenvalue weighted by Gasteiger charge is -2.19. The molecule has 0 saturated heterocycles. The van der Waals surface area contributed by atoms with Gasteiger partial charge in [0.1, 0.15) is 6.79 Å². The summed E-state index contributed by atoms with van der Waals surface area (Å²) in [5.74, 6) is -2.13. The molecule has 1 fully saturated rings. The average Bonchev–Trinajstić information content (AvgIpc) is 3.04. The molecular weight excluding hydrogens is 480 g/mol. The van der Waals surface area contributed by atoms with Crippen LogP contribution in [-0.4, -0.2) is 23.9 Å². The molecule has 3 nitrogen and oxygen atoms in total. The monoisotopic (exact) mass is 533 g/mol. The Bertz CT molecular complexity index is 887. The van der Waals surface area contributed by atoms with Crippen LogP contribution in [0.1, 0.15) is 95.4 Å². The minimum atomic E-state index is -2.50. The van der Waals surface area contributed by atoms with Crippen LogP contribution in [0.2, 0.25) is 0 Å². The van der Waals surface area contributed by atoms with Crippen molar-refractivity contribution in [3.8, 4) is 0 Å². The average molecular weight is 534 g/mol. The van der Waals surface area contributed by atoms with E-state index in [4.69, 9.17) is 4.79 Å². The SMILES string of the molecule is C=C(C)C1CCCCCC1O.C=O.CC(C)(F)F.CCC.Cc1cccc(NCc2ccc(C)cc2C)c1. The Morgan fingerprint density at radius 2 is 1.50 bits per heavy atom. The van der Waals surface area contributed by atoms with Crippen LogP contribution in [-0.2, 0) is 11.3 Å². The Hall–Kier alpha value is -2.53. The Balaban J connectivity index is 0. The van der Waals surface area contributed by atoms with Crippen LogP contribution in [0.25, 0.3) is 0 Å². The van der Waals surface area contributed by atoms with Crippen LogP contribution in [0.3, 0.4) is 0 Å². The minimum absolute atomic E-state index is 0.116. The molecule has 1 aliphatic carbocycles. The summed E-state index contributed by atoms with van der Waals surface area (Å²) in [5.41, 5.74) is 7.66. The molecule has 216 valence electrons. The van der Waals surface area contributed by atoms with Gasteiger partial charge in [-0.05, 0) is 83.2 Å². The minimum Gasteiger partial charge on any atom is -0.393 e. The van der Waals surface area contributed by atoms with Crippen LogP contribution in [0, 0.1) is 26.7 Å². The molecule has 0 heterocycles. The van der Waals surface area contributed by atoms with Gasteiger partial charge in [0.05, 0.1) is 6.10 Å². The van der Waals surface area contributed by atoms with Crippen molar-refractivity contribution in [2.24, 2.45) is 5.92 Å². The Morgan fingerprint density at radius 1 is 0.974 bits per heavy atom. The van der Waals surface area contributed by atoms with E-state index in [0.717, 1.165) is 38.8 Å². The number of aliphatic hydroxyl groups excluding tert-OH is 1. The van der Waals surface area contributed by atoms with Gasteiger partial charge in [0.2, 0.25) is 5.92 Å². The Kier molecular flexibility index (Phi) is 21.2. The van der Waals surface area contributed by atoms with E-state index in [1.54, 1.807) is 0 Å². The van der Waals surface area contributed by atoms with E-state index < -0.39 is 5.92 Å². The molecule has 38 heavy (non-hydrogen) atoms. The van der Waals surface area contributed by atoms with Gasteiger partial charge in [-0.25, -0.2) is 8.78 Å². The zero-order valence-electron chi connectivity index (χ0n) is 25.2. The van der Waals surface area contributed by atoms with Crippen molar-refractivity contribution in [1.82, 2.24) is 0 Å². The highest BCUT2D eigenvalue weighted by atomic mass is 19.3. The number of alkyl halides is 2. The first kappa shape index (κ1) is 37.6. The quantitative estimate of drug-likeness (QED) is 0.304. The summed E-state index contributed by atoms with van der Waals surface area (Å²) in [5, 5.41) is 13.1. The molecule has 2 aromatic carbocycles. The van der Waals surface area contributed by atoms with Crippen LogP contribution < -0.4 is 5.32 Å². The third kappa shape index (κ3) is 20.5. The van der Waals surface area contributed by atoms with E-state index >= 15 is 0 Å². The molecule has 0 aromatic heterocycles. The normalized spacial score (nSPS) is 16.3. The van der Waals surface area contributed by atoms with E-state index in [9.17, 15) is 13.9 Å². The smallest absolute Gasteiger partial charge is 0.242 e. The maximum Gasteiger partial charge on any atom is 0.242 e. The Morgan fingerprint density at radius 3 is 2.00 bits per heavy atom. The molecule has 2 atom stereocenters. The molecule has 1 saturated carbocycles. The summed E-state index contributed by atoms with van der Waals surface area (Å²) >= 11 is 0. The maximum atomic E-state index is 11.0. The highest BCUT2D eigenvalue weighted by Gasteiger charge is 2.21. The fourth-order valence-electron chi connectivity index (χ4n) is 3.86. The number of anilines is 1. The molecule has 2 aromatic rings. The van der Waals surface area contributed by atoms with E-state index in [2.05, 4.69) is 89.0 Å². The summed E-state index contributed by atoms with van der Waals surface area (Å²) in [6.45, 7) is 21.2. The zero-order chi connectivity index (χ0) is 29.7. The number of carbonyl (C=O) groups is 1. The van der Waals surface area contributed by atoms with E-state index in [-0.39, 0.29) is 6.10 Å². The zero-order valence-corrected chi connectivity index (χ0v) is 25.2. The topological polar surface area (TPSA) is 49.3 Å². The third-order valence-electron chi connectivity index (χ3n) is 5.61. The van der Waals surface area contributed by atoms with Gasteiger partial charge in [0.15, 0.2) is 0 Å². The van der Waals surface area contributed by atoms with Crippen LogP contribution in [0.4, 0.5) is 14.5 Å². The number of nitrogens with one attached hydrogen (secondary N) is 1. The van der Waals surface area contributed by atoms with Crippen molar-refractivity contribution in [3.05, 3.63) is 76.9 Å². The van der Waals surface area contributed by atoms with Gasteiger partial charge in [-0.15, -0.1) is 0 Å². The second kappa shape index (κ2) is 21.4. The number of halogens is 2. The van der Waals surface area contributed by atoms with Gasteiger partial charge in [-0.2, -0.15) is 0 Å². The summed E-state index contributed by atoms with van der Waals surface area (Å²) in [6, 6.07) is 15.1. The van der Waals surface area contributed by atoms with Crippen molar-refractivity contribution in [2.45, 2.75) is 112 Å². The number of carbonyl (C=O) groups excluding carboxylic acids is 1. The van der Waals surface area contributed by atoms with Crippen LogP contribution >= 0.6 is 0 Å². The second-order valence-electron chi connectivity index (χ2n) is 10.3. The summed E-state index contributed by atoms with van der Waals surface area (Å²) in [6.07, 6.45) is 6.96. The summed E-state index contributed by atoms with van der Waals surface area (Å²) < 4.78 is 22.0. The lowest BCUT2D eigenvalue weighted by Crippen LogP contribution is -2.19. The predicted octanol–water partition coefficient (Wildman–Crippen LogP) is 9.62. The van der Waals surface area contributed by atoms with Crippen molar-refractivity contribution < 1.29 is 18.7 Å². The van der Waals surface area contributed by atoms with Crippen molar-refractivity contribution in [2.75, 3.05) is 5.32 Å². The molecule has 0 bridgehead atoms. The van der Waals surface area contributed by atoms with E-state index in [1.807, 2.05) is 13.7 Å². The highest BCUT2D eigenvalue weighted by Crippen LogP contribution is 2.27. The molecule has 3 rings (SSSR count). The van der Waals surface area contributed by atoms with Gasteiger partial charge < -0.3 is 15.2 Å². The summed E-state index contributed by atoms with van der Waals surface area (Å²) in [7, 11) is 0. The number of aliphatic hydroxyl groups is 1. The second-order valence-corrected chi connectivity index (χ2v) is 10.3. The van der Waals surface area contributed by atoms with Crippen molar-refractivity contribution in [3.63, 3.8) is 0 Å². The number of rotatable bonds is 4. The molecule has 0 radical (unpaired) electrons. The van der Waals surface area contributed by atoms with Gasteiger partial charge in [0, 0.05) is 18.2 Å². The fraction of sp³-hybridized carbons (Fsp3) is 0.545. The lowest BCUT2D eigenvalue weighted by atomic mass is 9.91. The number of hydrogen-bond acceptors (Lipinski definition) is 3. The van der Waals surface area contributed by atoms with Crippen molar-refractivity contribution in [1.29, 1.82) is 0 Å². The van der Waals surface area contributed by atoms with Crippen molar-refractivity contribution >= 4 is 12.5 Å². The first-order chi connectivity index (χ1) is 17.8. The van der Waals surface area contributed by atoms with Crippen LogP contribution in [0.15, 0.2) is 54.6 Å². The lowest BCUT2D eigenvalue weighted by molar-refractivity contribution is -0.0980. The maximum absolute atomic E-state index is 11.0. The molecule has 2 unspecified atom stereocenters. The number of hydrogen-bond donors (Lipinski definition) is 2. The molecular formula is C33H53F2NO2. The van der Waals surface area contributed by atoms with E-state index in [1.165, 1.54) is 53.6 Å². The van der Waals surface area contributed by atoms with Gasteiger partial charge in [-0.3, -0.25) is 0 Å². The largest absolute Gasteiger partial charge is 0.393 e. The molecule has 0 spiro atoms. The highest BCUT2D eigenvalue weighted by molar-refractivity contribution is 5.46. The number of aryl methyl sites for hydroxylation is 3. The fourth-order valence-corrected chi connectivity index (χ4v) is 3.86. The van der Waals surface area contributed by atoms with Gasteiger partial charge in [-0.1, -0.05) is 87.6 Å². The Labute approximate surface area is 231 Å². The molecule has 5 heteroatoms. The van der Waals surface area contributed by atoms with Gasteiger partial charge >= 0.3 is 0 Å². The van der Waals surface area contributed by atoms with E-state index in [0.29, 0.717) is 5.92 Å². The molecule has 0 aliphatic heterocycles. The molecule has 0 amide bonds. The molecule has 2 N–H and O–H groups in total. The van der Waals surface area contributed by atoms with Crippen LogP contribution in [0.5, 0.6) is 0 Å². The third-order valence-corrected chi connectivity index (χ3v) is 5.61. The summed E-state index contributed by atoms with van der Waals surface area (Å²) in [4.78, 5) is 8.00. The first-order valence-corrected chi connectivity index (χ1v) is 13.6.